The lowest BCUT2D eigenvalue weighted by Crippen LogP contribution is -2.41. The van der Waals surface area contributed by atoms with Crippen molar-refractivity contribution in [1.29, 1.82) is 0 Å². The third-order valence-corrected chi connectivity index (χ3v) is 5.64. The van der Waals surface area contributed by atoms with Crippen molar-refractivity contribution in [2.45, 2.75) is 52.5 Å². The summed E-state index contributed by atoms with van der Waals surface area (Å²) in [5.41, 5.74) is 7.37. The monoisotopic (exact) mass is 481 g/mol. The second-order valence-corrected chi connectivity index (χ2v) is 8.44. The summed E-state index contributed by atoms with van der Waals surface area (Å²) in [5.74, 6) is 0.647. The molecule has 0 aliphatic rings. The number of H-pyrrole nitrogens is 1. The van der Waals surface area contributed by atoms with Gasteiger partial charge in [-0.25, -0.2) is 0 Å². The highest BCUT2D eigenvalue weighted by Crippen LogP contribution is 2.18. The van der Waals surface area contributed by atoms with Crippen LogP contribution in [-0.2, 0) is 11.3 Å². The molecule has 0 aliphatic carbocycles. The first-order valence-corrected chi connectivity index (χ1v) is 11.9. The number of nitrogens with one attached hydrogen (secondary N) is 3. The van der Waals surface area contributed by atoms with Crippen LogP contribution in [0.1, 0.15) is 54.9 Å². The maximum Gasteiger partial charge on any atom is 0.269 e. The molecule has 3 aromatic rings. The van der Waals surface area contributed by atoms with Gasteiger partial charge in [0.15, 0.2) is 10.6 Å². The number of nitrogens with zero attached hydrogens (tertiary/aromatic N) is 2. The number of carbonyl (C=O) groups excluding carboxylic acids is 2. The predicted octanol–water partition coefficient (Wildman–Crippen LogP) is 4.73. The number of rotatable bonds is 11. The average Bonchev–Trinajstić information content (AvgIpc) is 3.22. The standard InChI is InChI=1S/C25H31N5O3S/c1-3-4-5-6-17-33-21-13-11-20(12-14-21)24(32)28-26-22(31)15-16-30-23(27-29-25(30)34)19-9-7-18(2)8-10-19/h7-14H,3-6,15-17H2,1-2H3,(H,26,31)(H,28,32)(H,29,34). The van der Waals surface area contributed by atoms with Crippen molar-refractivity contribution in [2.75, 3.05) is 6.61 Å². The Hall–Kier alpha value is -3.46. The Morgan fingerprint density at radius 3 is 2.47 bits per heavy atom. The lowest BCUT2D eigenvalue weighted by atomic mass is 10.1. The molecule has 0 radical (unpaired) electrons. The van der Waals surface area contributed by atoms with Gasteiger partial charge in [0.25, 0.3) is 5.91 Å². The second kappa shape index (κ2) is 12.7. The first-order chi connectivity index (χ1) is 16.5. The number of ether oxygens (including phenoxy) is 1. The van der Waals surface area contributed by atoms with E-state index >= 15 is 0 Å². The topological polar surface area (TPSA) is 101 Å². The summed E-state index contributed by atoms with van der Waals surface area (Å²) in [7, 11) is 0. The molecule has 8 nitrogen and oxygen atoms in total. The molecule has 0 aliphatic heterocycles. The molecular weight excluding hydrogens is 450 g/mol. The molecule has 1 heterocycles. The van der Waals surface area contributed by atoms with E-state index in [0.717, 1.165) is 29.7 Å². The minimum atomic E-state index is -0.400. The number of unbranched alkanes of at least 4 members (excludes halogenated alkanes) is 3. The molecule has 0 spiro atoms. The SMILES string of the molecule is CCCCCCOc1ccc(C(=O)NNC(=O)CCn2c(-c3ccc(C)cc3)n[nH]c2=S)cc1. The lowest BCUT2D eigenvalue weighted by Gasteiger charge is -2.10. The smallest absolute Gasteiger partial charge is 0.269 e. The summed E-state index contributed by atoms with van der Waals surface area (Å²) in [6.45, 7) is 5.17. The van der Waals surface area contributed by atoms with Crippen molar-refractivity contribution in [3.63, 3.8) is 0 Å². The van der Waals surface area contributed by atoms with Crippen LogP contribution in [0, 0.1) is 11.7 Å². The Morgan fingerprint density at radius 1 is 1.03 bits per heavy atom. The molecule has 3 N–H and O–H groups in total. The lowest BCUT2D eigenvalue weighted by molar-refractivity contribution is -0.122. The predicted molar refractivity (Wildman–Crippen MR) is 134 cm³/mol. The van der Waals surface area contributed by atoms with Gasteiger partial charge in [0, 0.05) is 24.1 Å². The molecule has 0 fully saturated rings. The molecule has 9 heteroatoms. The van der Waals surface area contributed by atoms with E-state index < -0.39 is 5.91 Å². The van der Waals surface area contributed by atoms with Crippen LogP contribution in [0.5, 0.6) is 5.75 Å². The maximum atomic E-state index is 12.3. The number of hydrogen-bond acceptors (Lipinski definition) is 5. The zero-order valence-electron chi connectivity index (χ0n) is 19.6. The molecule has 0 unspecified atom stereocenters. The molecular formula is C25H31N5O3S. The largest absolute Gasteiger partial charge is 0.494 e. The number of carbonyl (C=O) groups is 2. The van der Waals surface area contributed by atoms with Gasteiger partial charge < -0.3 is 4.74 Å². The van der Waals surface area contributed by atoms with Crippen LogP contribution in [0.15, 0.2) is 48.5 Å². The summed E-state index contributed by atoms with van der Waals surface area (Å²) in [4.78, 5) is 24.6. The van der Waals surface area contributed by atoms with Gasteiger partial charge in [-0.3, -0.25) is 30.1 Å². The minimum Gasteiger partial charge on any atom is -0.494 e. The molecule has 0 saturated heterocycles. The van der Waals surface area contributed by atoms with Gasteiger partial charge in [-0.2, -0.15) is 5.10 Å². The number of aromatic amines is 1. The van der Waals surface area contributed by atoms with Crippen LogP contribution in [0.4, 0.5) is 0 Å². The van der Waals surface area contributed by atoms with Gasteiger partial charge in [-0.05, 0) is 49.8 Å². The normalized spacial score (nSPS) is 10.6. The molecule has 0 atom stereocenters. The van der Waals surface area contributed by atoms with Gasteiger partial charge in [-0.1, -0.05) is 56.0 Å². The van der Waals surface area contributed by atoms with E-state index in [1.165, 1.54) is 12.8 Å². The van der Waals surface area contributed by atoms with E-state index in [1.54, 1.807) is 28.8 Å². The highest BCUT2D eigenvalue weighted by molar-refractivity contribution is 7.71. The van der Waals surface area contributed by atoms with Gasteiger partial charge in [0.1, 0.15) is 5.75 Å². The number of hydrogen-bond donors (Lipinski definition) is 3. The molecule has 2 amide bonds. The van der Waals surface area contributed by atoms with Crippen LogP contribution >= 0.6 is 12.2 Å². The summed E-state index contributed by atoms with van der Waals surface area (Å²) in [6, 6.07) is 14.7. The number of benzene rings is 2. The Morgan fingerprint density at radius 2 is 1.76 bits per heavy atom. The number of aryl methyl sites for hydroxylation is 1. The van der Waals surface area contributed by atoms with Gasteiger partial charge >= 0.3 is 0 Å². The number of aromatic nitrogens is 3. The van der Waals surface area contributed by atoms with Crippen molar-refractivity contribution < 1.29 is 14.3 Å². The molecule has 1 aromatic heterocycles. The van der Waals surface area contributed by atoms with E-state index in [2.05, 4.69) is 28.0 Å². The van der Waals surface area contributed by atoms with Crippen LogP contribution in [-0.4, -0.2) is 33.2 Å². The Kier molecular flexibility index (Phi) is 9.40. The Labute approximate surface area is 204 Å². The summed E-state index contributed by atoms with van der Waals surface area (Å²) >= 11 is 5.31. The van der Waals surface area contributed by atoms with Gasteiger partial charge in [0.05, 0.1) is 6.61 Å². The number of amides is 2. The Bertz CT molecular complexity index is 1140. The molecule has 3 rings (SSSR count). The van der Waals surface area contributed by atoms with Crippen molar-refractivity contribution in [3.8, 4) is 17.1 Å². The molecule has 180 valence electrons. The van der Waals surface area contributed by atoms with E-state index in [9.17, 15) is 9.59 Å². The Balaban J connectivity index is 1.46. The first kappa shape index (κ1) is 25.2. The van der Waals surface area contributed by atoms with Crippen molar-refractivity contribution in [1.82, 2.24) is 25.6 Å². The number of hydrazine groups is 1. The summed E-state index contributed by atoms with van der Waals surface area (Å²) < 4.78 is 7.89. The maximum absolute atomic E-state index is 12.3. The summed E-state index contributed by atoms with van der Waals surface area (Å²) in [5, 5.41) is 7.06. The fourth-order valence-corrected chi connectivity index (χ4v) is 3.57. The zero-order chi connectivity index (χ0) is 24.3. The van der Waals surface area contributed by atoms with Crippen LogP contribution in [0.3, 0.4) is 0 Å². The highest BCUT2D eigenvalue weighted by Gasteiger charge is 2.12. The van der Waals surface area contributed by atoms with Crippen LogP contribution in [0.2, 0.25) is 0 Å². The fourth-order valence-electron chi connectivity index (χ4n) is 3.34. The highest BCUT2D eigenvalue weighted by atomic mass is 32.1. The van der Waals surface area contributed by atoms with Crippen molar-refractivity contribution in [2.24, 2.45) is 0 Å². The van der Waals surface area contributed by atoms with Crippen LogP contribution in [0.25, 0.3) is 11.4 Å². The quantitative estimate of drug-likeness (QED) is 0.209. The second-order valence-electron chi connectivity index (χ2n) is 8.06. The molecule has 2 aromatic carbocycles. The molecule has 0 bridgehead atoms. The van der Waals surface area contributed by atoms with E-state index in [4.69, 9.17) is 17.0 Å². The van der Waals surface area contributed by atoms with Gasteiger partial charge in [-0.15, -0.1) is 0 Å². The van der Waals surface area contributed by atoms with Crippen LogP contribution < -0.4 is 15.6 Å². The third kappa shape index (κ3) is 7.28. The zero-order valence-corrected chi connectivity index (χ0v) is 20.4. The van der Waals surface area contributed by atoms with E-state index in [1.807, 2.05) is 31.2 Å². The first-order valence-electron chi connectivity index (χ1n) is 11.5. The van der Waals surface area contributed by atoms with Gasteiger partial charge in [0.2, 0.25) is 5.91 Å². The average molecular weight is 482 g/mol. The fraction of sp³-hybridized carbons (Fsp3) is 0.360. The molecule has 34 heavy (non-hydrogen) atoms. The third-order valence-electron chi connectivity index (χ3n) is 5.33. The van der Waals surface area contributed by atoms with Crippen molar-refractivity contribution >= 4 is 24.0 Å². The summed E-state index contributed by atoms with van der Waals surface area (Å²) in [6.07, 6.45) is 4.68. The molecule has 0 saturated carbocycles. The van der Waals surface area contributed by atoms with E-state index in [0.29, 0.717) is 29.3 Å². The van der Waals surface area contributed by atoms with E-state index in [-0.39, 0.29) is 12.3 Å². The van der Waals surface area contributed by atoms with Crippen molar-refractivity contribution in [3.05, 3.63) is 64.4 Å². The minimum absolute atomic E-state index is 0.123.